The Morgan fingerprint density at radius 1 is 0.783 bits per heavy atom. The molecule has 1 unspecified atom stereocenters. The second-order valence-corrected chi connectivity index (χ2v) is 6.03. The van der Waals surface area contributed by atoms with Crippen molar-refractivity contribution >= 4 is 22.1 Å². The lowest BCUT2D eigenvalue weighted by Gasteiger charge is -2.36. The molecule has 0 N–H and O–H groups in total. The van der Waals surface area contributed by atoms with Crippen LogP contribution in [0.2, 0.25) is 0 Å². The average Bonchev–Trinajstić information content (AvgIpc) is 2.64. The van der Waals surface area contributed by atoms with Crippen molar-refractivity contribution in [1.29, 1.82) is 0 Å². The van der Waals surface area contributed by atoms with Crippen LogP contribution in [0.25, 0.3) is 10.8 Å². The lowest BCUT2D eigenvalue weighted by molar-refractivity contribution is 0.0209. The predicted molar refractivity (Wildman–Crippen MR) is 96.1 cm³/mol. The summed E-state index contributed by atoms with van der Waals surface area (Å²) in [5.74, 6) is 0. The molecule has 23 heavy (non-hydrogen) atoms. The first kappa shape index (κ1) is 14.3. The summed E-state index contributed by atoms with van der Waals surface area (Å²) in [5.41, 5.74) is 2.41. The van der Waals surface area contributed by atoms with Crippen LogP contribution in [0.1, 0.15) is 19.3 Å². The van der Waals surface area contributed by atoms with E-state index in [9.17, 15) is 0 Å². The van der Waals surface area contributed by atoms with E-state index >= 15 is 0 Å². The number of benzene rings is 3. The zero-order valence-corrected chi connectivity index (χ0v) is 13.2. The molecule has 0 saturated carbocycles. The van der Waals surface area contributed by atoms with Gasteiger partial charge in [0.1, 0.15) is 6.23 Å². The molecule has 116 valence electrons. The minimum atomic E-state index is 0.108. The highest BCUT2D eigenvalue weighted by atomic mass is 16.5. The van der Waals surface area contributed by atoms with Crippen molar-refractivity contribution in [2.45, 2.75) is 25.5 Å². The quantitative estimate of drug-likeness (QED) is 0.633. The minimum Gasteiger partial charge on any atom is -0.358 e. The molecular formula is C21H21NO. The van der Waals surface area contributed by atoms with Gasteiger partial charge in [0, 0.05) is 17.7 Å². The normalized spacial score (nSPS) is 18.0. The lowest BCUT2D eigenvalue weighted by Crippen LogP contribution is -2.36. The fourth-order valence-corrected chi connectivity index (χ4v) is 3.39. The fourth-order valence-electron chi connectivity index (χ4n) is 3.39. The Hall–Kier alpha value is -2.32. The van der Waals surface area contributed by atoms with E-state index in [2.05, 4.69) is 77.7 Å². The summed E-state index contributed by atoms with van der Waals surface area (Å²) in [6.07, 6.45) is 3.56. The van der Waals surface area contributed by atoms with E-state index in [4.69, 9.17) is 4.74 Å². The molecular weight excluding hydrogens is 282 g/mol. The number of hydrogen-bond donors (Lipinski definition) is 0. The number of nitrogens with zero attached hydrogens (tertiary/aromatic N) is 1. The summed E-state index contributed by atoms with van der Waals surface area (Å²) < 4.78 is 6.12. The summed E-state index contributed by atoms with van der Waals surface area (Å²) in [6, 6.07) is 25.7. The van der Waals surface area contributed by atoms with E-state index in [1.54, 1.807) is 0 Å². The van der Waals surface area contributed by atoms with Gasteiger partial charge in [-0.05, 0) is 42.8 Å². The van der Waals surface area contributed by atoms with Gasteiger partial charge in [0.25, 0.3) is 0 Å². The van der Waals surface area contributed by atoms with Crippen LogP contribution in [0, 0.1) is 0 Å². The van der Waals surface area contributed by atoms with Crippen molar-refractivity contribution in [1.82, 2.24) is 0 Å². The Bertz CT molecular complexity index is 773. The zero-order valence-electron chi connectivity index (χ0n) is 13.2. The van der Waals surface area contributed by atoms with E-state index in [1.807, 2.05) is 0 Å². The van der Waals surface area contributed by atoms with Crippen LogP contribution in [0.3, 0.4) is 0 Å². The average molecular weight is 303 g/mol. The maximum Gasteiger partial charge on any atom is 0.134 e. The topological polar surface area (TPSA) is 12.5 Å². The van der Waals surface area contributed by atoms with Crippen molar-refractivity contribution < 1.29 is 4.74 Å². The molecule has 1 aliphatic heterocycles. The van der Waals surface area contributed by atoms with E-state index in [1.165, 1.54) is 28.6 Å². The van der Waals surface area contributed by atoms with Gasteiger partial charge in [-0.15, -0.1) is 0 Å². The van der Waals surface area contributed by atoms with Crippen LogP contribution >= 0.6 is 0 Å². The number of rotatable bonds is 3. The molecule has 1 fully saturated rings. The first-order valence-corrected chi connectivity index (χ1v) is 8.37. The molecule has 0 spiro atoms. The van der Waals surface area contributed by atoms with Crippen LogP contribution in [0.5, 0.6) is 0 Å². The molecule has 0 aliphatic carbocycles. The van der Waals surface area contributed by atoms with E-state index < -0.39 is 0 Å². The summed E-state index contributed by atoms with van der Waals surface area (Å²) >= 11 is 0. The molecule has 1 heterocycles. The monoisotopic (exact) mass is 303 g/mol. The van der Waals surface area contributed by atoms with Crippen LogP contribution in [0.15, 0.2) is 72.8 Å². The molecule has 4 rings (SSSR count). The van der Waals surface area contributed by atoms with Crippen LogP contribution in [0.4, 0.5) is 11.4 Å². The van der Waals surface area contributed by atoms with Gasteiger partial charge in [0.05, 0.1) is 5.69 Å². The van der Waals surface area contributed by atoms with Crippen molar-refractivity contribution in [3.05, 3.63) is 72.8 Å². The third-order valence-corrected chi connectivity index (χ3v) is 4.50. The Balaban J connectivity index is 1.86. The number of anilines is 2. The second-order valence-electron chi connectivity index (χ2n) is 6.03. The maximum absolute atomic E-state index is 6.12. The van der Waals surface area contributed by atoms with E-state index in [0.29, 0.717) is 0 Å². The molecule has 3 aromatic rings. The van der Waals surface area contributed by atoms with E-state index in [-0.39, 0.29) is 6.23 Å². The molecule has 3 aromatic carbocycles. The smallest absolute Gasteiger partial charge is 0.134 e. The summed E-state index contributed by atoms with van der Waals surface area (Å²) in [5, 5.41) is 2.54. The minimum absolute atomic E-state index is 0.108. The first-order chi connectivity index (χ1) is 11.4. The van der Waals surface area contributed by atoms with Crippen LogP contribution in [-0.4, -0.2) is 12.8 Å². The first-order valence-electron chi connectivity index (χ1n) is 8.37. The van der Waals surface area contributed by atoms with Gasteiger partial charge in [-0.25, -0.2) is 0 Å². The van der Waals surface area contributed by atoms with Gasteiger partial charge in [-0.1, -0.05) is 54.6 Å². The standard InChI is InChI=1S/C21H21NO/c1-2-11-18(12-3-1)22(21-15-6-7-16-23-21)20-14-8-10-17-9-4-5-13-19(17)20/h1-5,8-14,21H,6-7,15-16H2. The van der Waals surface area contributed by atoms with Gasteiger partial charge >= 0.3 is 0 Å². The molecule has 1 aliphatic rings. The lowest BCUT2D eigenvalue weighted by atomic mass is 10.1. The largest absolute Gasteiger partial charge is 0.358 e. The van der Waals surface area contributed by atoms with Crippen molar-refractivity contribution in [3.63, 3.8) is 0 Å². The number of para-hydroxylation sites is 1. The van der Waals surface area contributed by atoms with Gasteiger partial charge in [-0.3, -0.25) is 0 Å². The molecule has 1 saturated heterocycles. The Kier molecular flexibility index (Phi) is 3.99. The molecule has 0 radical (unpaired) electrons. The molecule has 0 amide bonds. The predicted octanol–water partition coefficient (Wildman–Crippen LogP) is 5.50. The number of ether oxygens (including phenoxy) is 1. The van der Waals surface area contributed by atoms with Gasteiger partial charge in [-0.2, -0.15) is 0 Å². The third-order valence-electron chi connectivity index (χ3n) is 4.50. The molecule has 1 atom stereocenters. The highest BCUT2D eigenvalue weighted by molar-refractivity contribution is 5.96. The Labute approximate surface area is 137 Å². The Morgan fingerprint density at radius 2 is 1.57 bits per heavy atom. The van der Waals surface area contributed by atoms with Crippen molar-refractivity contribution in [2.24, 2.45) is 0 Å². The van der Waals surface area contributed by atoms with Crippen molar-refractivity contribution in [3.8, 4) is 0 Å². The van der Waals surface area contributed by atoms with E-state index in [0.717, 1.165) is 19.4 Å². The summed E-state index contributed by atoms with van der Waals surface area (Å²) in [6.45, 7) is 0.846. The number of hydrogen-bond acceptors (Lipinski definition) is 2. The van der Waals surface area contributed by atoms with Gasteiger partial charge < -0.3 is 9.64 Å². The second kappa shape index (κ2) is 6.43. The summed E-state index contributed by atoms with van der Waals surface area (Å²) in [4.78, 5) is 2.36. The Morgan fingerprint density at radius 3 is 2.39 bits per heavy atom. The van der Waals surface area contributed by atoms with Crippen LogP contribution in [-0.2, 0) is 4.74 Å². The molecule has 2 heteroatoms. The summed E-state index contributed by atoms with van der Waals surface area (Å²) in [7, 11) is 0. The maximum atomic E-state index is 6.12. The van der Waals surface area contributed by atoms with Gasteiger partial charge in [0.2, 0.25) is 0 Å². The zero-order chi connectivity index (χ0) is 15.5. The highest BCUT2D eigenvalue weighted by Crippen LogP contribution is 2.36. The highest BCUT2D eigenvalue weighted by Gasteiger charge is 2.24. The van der Waals surface area contributed by atoms with Crippen LogP contribution < -0.4 is 4.90 Å². The third kappa shape index (κ3) is 2.82. The molecule has 0 aromatic heterocycles. The fraction of sp³-hybridized carbons (Fsp3) is 0.238. The van der Waals surface area contributed by atoms with Gasteiger partial charge in [0.15, 0.2) is 0 Å². The number of fused-ring (bicyclic) bond motifs is 1. The molecule has 2 nitrogen and oxygen atoms in total. The van der Waals surface area contributed by atoms with Crippen molar-refractivity contribution in [2.75, 3.05) is 11.5 Å². The SMILES string of the molecule is c1ccc(N(c2cccc3ccccc23)C2CCCCO2)cc1. The molecule has 0 bridgehead atoms.